The molecule has 0 saturated carbocycles. The van der Waals surface area contributed by atoms with Crippen LogP contribution in [0.2, 0.25) is 0 Å². The lowest BCUT2D eigenvalue weighted by molar-refractivity contribution is 0.00167. The number of carbonyl (C=O) groups excluding carboxylic acids is 1. The van der Waals surface area contributed by atoms with E-state index in [1.807, 2.05) is 18.2 Å². The number of nitrogens with one attached hydrogen (secondary N) is 2. The Hall–Kier alpha value is -2.43. The first-order valence-corrected chi connectivity index (χ1v) is 9.99. The van der Waals surface area contributed by atoms with Gasteiger partial charge in [0.1, 0.15) is 0 Å². The van der Waals surface area contributed by atoms with Crippen LogP contribution in [0.4, 0.5) is 10.5 Å². The van der Waals surface area contributed by atoms with Gasteiger partial charge in [-0.15, -0.1) is 0 Å². The molecule has 1 fully saturated rings. The maximum absolute atomic E-state index is 12.2. The van der Waals surface area contributed by atoms with E-state index in [1.54, 1.807) is 29.2 Å². The van der Waals surface area contributed by atoms with Crippen molar-refractivity contribution in [2.24, 2.45) is 0 Å². The van der Waals surface area contributed by atoms with Crippen LogP contribution < -0.4 is 10.6 Å². The zero-order valence-corrected chi connectivity index (χ0v) is 15.1. The van der Waals surface area contributed by atoms with Crippen molar-refractivity contribution in [3.8, 4) is 5.69 Å². The van der Waals surface area contributed by atoms with E-state index in [-0.39, 0.29) is 19.2 Å². The Kier molecular flexibility index (Phi) is 5.55. The summed E-state index contributed by atoms with van der Waals surface area (Å²) in [4.78, 5) is 12.2. The summed E-state index contributed by atoms with van der Waals surface area (Å²) in [7, 11) is -3.26. The van der Waals surface area contributed by atoms with Crippen LogP contribution in [0, 0.1) is 0 Å². The summed E-state index contributed by atoms with van der Waals surface area (Å²) in [5.41, 5.74) is 1.35. The summed E-state index contributed by atoms with van der Waals surface area (Å²) < 4.78 is 31.8. The Morgan fingerprint density at radius 2 is 2.15 bits per heavy atom. The predicted molar refractivity (Wildman–Crippen MR) is 96.7 cm³/mol. The smallest absolute Gasteiger partial charge is 0.319 e. The molecule has 26 heavy (non-hydrogen) atoms. The van der Waals surface area contributed by atoms with Crippen molar-refractivity contribution in [2.75, 3.05) is 37.8 Å². The number of urea groups is 1. The number of para-hydroxylation sites is 2. The molecule has 1 unspecified atom stereocenters. The number of morpholine rings is 1. The molecule has 2 aromatic rings. The first kappa shape index (κ1) is 18.4. The third kappa shape index (κ3) is 4.59. The second-order valence-electron chi connectivity index (χ2n) is 5.92. The monoisotopic (exact) mass is 379 g/mol. The quantitative estimate of drug-likeness (QED) is 0.794. The van der Waals surface area contributed by atoms with E-state index in [4.69, 9.17) is 4.74 Å². The van der Waals surface area contributed by atoms with Gasteiger partial charge in [0.2, 0.25) is 10.0 Å². The van der Waals surface area contributed by atoms with Gasteiger partial charge < -0.3 is 15.4 Å². The molecule has 0 spiro atoms. The number of carbonyl (C=O) groups is 1. The average Bonchev–Trinajstić information content (AvgIpc) is 3.14. The summed E-state index contributed by atoms with van der Waals surface area (Å²) in [5, 5.41) is 9.67. The highest BCUT2D eigenvalue weighted by molar-refractivity contribution is 7.88. The first-order valence-electron chi connectivity index (χ1n) is 8.14. The number of amides is 2. The lowest BCUT2D eigenvalue weighted by Crippen LogP contribution is -2.49. The second-order valence-corrected chi connectivity index (χ2v) is 7.90. The highest BCUT2D eigenvalue weighted by atomic mass is 32.2. The third-order valence-corrected chi connectivity index (χ3v) is 5.23. The van der Waals surface area contributed by atoms with Crippen LogP contribution in [-0.2, 0) is 14.8 Å². The zero-order chi connectivity index (χ0) is 18.6. The maximum atomic E-state index is 12.2. The molecular weight excluding hydrogens is 358 g/mol. The lowest BCUT2D eigenvalue weighted by atomic mass is 10.2. The standard InChI is InChI=1S/C16H21N5O4S/c1-26(23,24)20-9-10-25-13(12-20)11-17-16(22)19-14-5-2-3-6-15(14)21-8-4-7-18-21/h2-8,13H,9-12H2,1H3,(H2,17,19,22). The molecule has 3 rings (SSSR count). The fourth-order valence-corrected chi connectivity index (χ4v) is 3.52. The molecule has 1 aliphatic rings. The molecule has 0 radical (unpaired) electrons. The number of ether oxygens (including phenoxy) is 1. The van der Waals surface area contributed by atoms with Gasteiger partial charge in [-0.3, -0.25) is 0 Å². The molecule has 1 saturated heterocycles. The molecule has 1 aromatic heterocycles. The van der Waals surface area contributed by atoms with Gasteiger partial charge in [-0.1, -0.05) is 12.1 Å². The molecule has 1 aliphatic heterocycles. The van der Waals surface area contributed by atoms with E-state index in [0.717, 1.165) is 5.69 Å². The van der Waals surface area contributed by atoms with Crippen molar-refractivity contribution in [3.63, 3.8) is 0 Å². The number of hydrogen-bond donors (Lipinski definition) is 2. The van der Waals surface area contributed by atoms with E-state index in [1.165, 1.54) is 10.6 Å². The summed E-state index contributed by atoms with van der Waals surface area (Å²) in [6.07, 6.45) is 4.23. The Labute approximate surface area is 152 Å². The minimum Gasteiger partial charge on any atom is -0.374 e. The molecule has 2 heterocycles. The van der Waals surface area contributed by atoms with E-state index in [2.05, 4.69) is 15.7 Å². The molecule has 0 bridgehead atoms. The van der Waals surface area contributed by atoms with Gasteiger partial charge in [0.25, 0.3) is 0 Å². The lowest BCUT2D eigenvalue weighted by Gasteiger charge is -2.31. The second kappa shape index (κ2) is 7.85. The molecule has 1 aromatic carbocycles. The topological polar surface area (TPSA) is 106 Å². The van der Waals surface area contributed by atoms with Crippen molar-refractivity contribution in [1.29, 1.82) is 0 Å². The Balaban J connectivity index is 1.57. The van der Waals surface area contributed by atoms with Crippen molar-refractivity contribution in [2.45, 2.75) is 6.10 Å². The summed E-state index contributed by atoms with van der Waals surface area (Å²) in [6, 6.07) is 8.69. The Morgan fingerprint density at radius 1 is 1.35 bits per heavy atom. The molecule has 2 N–H and O–H groups in total. The fraction of sp³-hybridized carbons (Fsp3) is 0.375. The Morgan fingerprint density at radius 3 is 2.88 bits per heavy atom. The van der Waals surface area contributed by atoms with Gasteiger partial charge in [-0.25, -0.2) is 17.9 Å². The van der Waals surface area contributed by atoms with E-state index in [0.29, 0.717) is 18.8 Å². The van der Waals surface area contributed by atoms with Crippen LogP contribution in [0.3, 0.4) is 0 Å². The number of benzene rings is 1. The number of anilines is 1. The average molecular weight is 379 g/mol. The molecule has 9 nitrogen and oxygen atoms in total. The number of aromatic nitrogens is 2. The molecule has 140 valence electrons. The molecule has 1 atom stereocenters. The van der Waals surface area contributed by atoms with Gasteiger partial charge in [-0.2, -0.15) is 9.40 Å². The van der Waals surface area contributed by atoms with E-state index in [9.17, 15) is 13.2 Å². The fourth-order valence-electron chi connectivity index (χ4n) is 2.68. The molecular formula is C16H21N5O4S. The largest absolute Gasteiger partial charge is 0.374 e. The van der Waals surface area contributed by atoms with Crippen LogP contribution in [0.1, 0.15) is 0 Å². The Bertz CT molecular complexity index is 853. The SMILES string of the molecule is CS(=O)(=O)N1CCOC(CNC(=O)Nc2ccccc2-n2cccn2)C1. The third-order valence-electron chi connectivity index (χ3n) is 3.96. The molecule has 2 amide bonds. The van der Waals surface area contributed by atoms with Gasteiger partial charge in [0.05, 0.1) is 30.3 Å². The van der Waals surface area contributed by atoms with Gasteiger partial charge in [-0.05, 0) is 18.2 Å². The van der Waals surface area contributed by atoms with E-state index < -0.39 is 16.1 Å². The van der Waals surface area contributed by atoms with Crippen molar-refractivity contribution in [3.05, 3.63) is 42.7 Å². The number of sulfonamides is 1. The summed E-state index contributed by atoms with van der Waals surface area (Å²) >= 11 is 0. The zero-order valence-electron chi connectivity index (χ0n) is 14.3. The molecule has 0 aliphatic carbocycles. The van der Waals surface area contributed by atoms with Crippen LogP contribution in [-0.4, -0.2) is 67.1 Å². The summed E-state index contributed by atoms with van der Waals surface area (Å²) in [6.45, 7) is 1.08. The van der Waals surface area contributed by atoms with Crippen LogP contribution in [0.25, 0.3) is 5.69 Å². The number of hydrogen-bond acceptors (Lipinski definition) is 5. The van der Waals surface area contributed by atoms with Crippen LogP contribution in [0.5, 0.6) is 0 Å². The van der Waals surface area contributed by atoms with Gasteiger partial charge in [0, 0.05) is 32.0 Å². The van der Waals surface area contributed by atoms with E-state index >= 15 is 0 Å². The molecule has 10 heteroatoms. The highest BCUT2D eigenvalue weighted by Gasteiger charge is 2.26. The highest BCUT2D eigenvalue weighted by Crippen LogP contribution is 2.18. The number of nitrogens with zero attached hydrogens (tertiary/aromatic N) is 3. The van der Waals surface area contributed by atoms with Crippen molar-refractivity contribution >= 4 is 21.7 Å². The maximum Gasteiger partial charge on any atom is 0.319 e. The number of rotatable bonds is 5. The van der Waals surface area contributed by atoms with Crippen LogP contribution in [0.15, 0.2) is 42.7 Å². The van der Waals surface area contributed by atoms with Crippen LogP contribution >= 0.6 is 0 Å². The first-order chi connectivity index (χ1) is 12.4. The minimum atomic E-state index is -3.26. The van der Waals surface area contributed by atoms with Gasteiger partial charge >= 0.3 is 6.03 Å². The summed E-state index contributed by atoms with van der Waals surface area (Å²) in [5.74, 6) is 0. The minimum absolute atomic E-state index is 0.210. The van der Waals surface area contributed by atoms with Crippen molar-refractivity contribution in [1.82, 2.24) is 19.4 Å². The van der Waals surface area contributed by atoms with Gasteiger partial charge in [0.15, 0.2) is 0 Å². The normalized spacial score (nSPS) is 18.4. The van der Waals surface area contributed by atoms with Crippen molar-refractivity contribution < 1.29 is 17.9 Å². The predicted octanol–water partition coefficient (Wildman–Crippen LogP) is 0.654.